The Balaban J connectivity index is 1.62. The van der Waals surface area contributed by atoms with E-state index in [0.29, 0.717) is 6.04 Å². The van der Waals surface area contributed by atoms with Gasteiger partial charge in [-0.15, -0.1) is 0 Å². The van der Waals surface area contributed by atoms with Gasteiger partial charge >= 0.3 is 0 Å². The van der Waals surface area contributed by atoms with Gasteiger partial charge in [-0.1, -0.05) is 25.7 Å². The molecule has 0 bridgehead atoms. The molecule has 0 amide bonds. The zero-order chi connectivity index (χ0) is 10.3. The Morgan fingerprint density at radius 1 is 0.867 bits per heavy atom. The van der Waals surface area contributed by atoms with Crippen molar-refractivity contribution < 1.29 is 9.47 Å². The maximum absolute atomic E-state index is 5.52. The zero-order valence-electron chi connectivity index (χ0n) is 9.54. The smallest absolute Gasteiger partial charge is 0.169 e. The molecule has 1 saturated heterocycles. The molecule has 2 rings (SSSR count). The van der Waals surface area contributed by atoms with Gasteiger partial charge in [0.1, 0.15) is 0 Å². The van der Waals surface area contributed by atoms with Gasteiger partial charge in [0.25, 0.3) is 0 Å². The second-order valence-electron chi connectivity index (χ2n) is 4.62. The highest BCUT2D eigenvalue weighted by Crippen LogP contribution is 2.17. The van der Waals surface area contributed by atoms with Crippen LogP contribution in [0.15, 0.2) is 0 Å². The van der Waals surface area contributed by atoms with Crippen molar-refractivity contribution in [1.29, 1.82) is 0 Å². The van der Waals surface area contributed by atoms with Crippen LogP contribution in [0.2, 0.25) is 0 Å². The number of hydrogen-bond donors (Lipinski definition) is 1. The molecule has 1 heterocycles. The minimum Gasteiger partial charge on any atom is -0.351 e. The maximum Gasteiger partial charge on any atom is 0.169 e. The van der Waals surface area contributed by atoms with E-state index in [0.717, 1.165) is 26.2 Å². The highest BCUT2D eigenvalue weighted by molar-refractivity contribution is 4.71. The molecule has 0 spiro atoms. The third-order valence-electron chi connectivity index (χ3n) is 3.32. The molecular formula is C12H23NO2. The predicted molar refractivity (Wildman–Crippen MR) is 59.8 cm³/mol. The minimum atomic E-state index is 0.00185. The fourth-order valence-electron chi connectivity index (χ4n) is 2.40. The maximum atomic E-state index is 5.52. The SMILES string of the molecule is C1CCCC(NCC2OCCCO2)CC1. The van der Waals surface area contributed by atoms with Crippen molar-refractivity contribution in [2.75, 3.05) is 19.8 Å². The largest absolute Gasteiger partial charge is 0.351 e. The normalized spacial score (nSPS) is 26.4. The van der Waals surface area contributed by atoms with E-state index in [-0.39, 0.29) is 6.29 Å². The van der Waals surface area contributed by atoms with Gasteiger partial charge in [0, 0.05) is 12.6 Å². The third kappa shape index (κ3) is 4.09. The second-order valence-corrected chi connectivity index (χ2v) is 4.62. The molecule has 15 heavy (non-hydrogen) atoms. The van der Waals surface area contributed by atoms with E-state index in [1.165, 1.54) is 38.5 Å². The van der Waals surface area contributed by atoms with Gasteiger partial charge in [-0.3, -0.25) is 0 Å². The molecule has 0 unspecified atom stereocenters. The quantitative estimate of drug-likeness (QED) is 0.728. The van der Waals surface area contributed by atoms with Gasteiger partial charge in [0.15, 0.2) is 6.29 Å². The standard InChI is InChI=1S/C12H23NO2/c1-2-4-7-11(6-3-1)13-10-12-14-8-5-9-15-12/h11-13H,1-10H2. The van der Waals surface area contributed by atoms with E-state index in [9.17, 15) is 0 Å². The molecule has 1 N–H and O–H groups in total. The van der Waals surface area contributed by atoms with Gasteiger partial charge < -0.3 is 14.8 Å². The average Bonchev–Trinajstić information content (AvgIpc) is 2.56. The van der Waals surface area contributed by atoms with E-state index in [4.69, 9.17) is 9.47 Å². The summed E-state index contributed by atoms with van der Waals surface area (Å²) in [5.41, 5.74) is 0. The average molecular weight is 213 g/mol. The van der Waals surface area contributed by atoms with Crippen molar-refractivity contribution in [3.05, 3.63) is 0 Å². The summed E-state index contributed by atoms with van der Waals surface area (Å²) in [6.45, 7) is 2.58. The molecule has 3 heteroatoms. The van der Waals surface area contributed by atoms with E-state index < -0.39 is 0 Å². The first-order chi connectivity index (χ1) is 7.45. The van der Waals surface area contributed by atoms with E-state index in [1.807, 2.05) is 0 Å². The molecule has 0 aromatic rings. The van der Waals surface area contributed by atoms with Crippen LogP contribution in [-0.4, -0.2) is 32.1 Å². The summed E-state index contributed by atoms with van der Waals surface area (Å²) in [5, 5.41) is 3.58. The number of nitrogens with one attached hydrogen (secondary N) is 1. The van der Waals surface area contributed by atoms with E-state index in [2.05, 4.69) is 5.32 Å². The van der Waals surface area contributed by atoms with Gasteiger partial charge in [-0.2, -0.15) is 0 Å². The highest BCUT2D eigenvalue weighted by Gasteiger charge is 2.17. The van der Waals surface area contributed by atoms with E-state index >= 15 is 0 Å². The van der Waals surface area contributed by atoms with Crippen molar-refractivity contribution in [2.45, 2.75) is 57.3 Å². The molecule has 0 atom stereocenters. The van der Waals surface area contributed by atoms with Crippen LogP contribution in [0.3, 0.4) is 0 Å². The minimum absolute atomic E-state index is 0.00185. The van der Waals surface area contributed by atoms with Crippen LogP contribution in [0.5, 0.6) is 0 Å². The molecule has 2 fully saturated rings. The molecular weight excluding hydrogens is 190 g/mol. The summed E-state index contributed by atoms with van der Waals surface area (Å²) in [5.74, 6) is 0. The summed E-state index contributed by atoms with van der Waals surface area (Å²) >= 11 is 0. The summed E-state index contributed by atoms with van der Waals surface area (Å²) in [6.07, 6.45) is 9.28. The van der Waals surface area contributed by atoms with E-state index in [1.54, 1.807) is 0 Å². The summed E-state index contributed by atoms with van der Waals surface area (Å²) in [6, 6.07) is 0.696. The number of hydrogen-bond acceptors (Lipinski definition) is 3. The Kier molecular flexibility index (Phi) is 4.90. The second kappa shape index (κ2) is 6.46. The van der Waals surface area contributed by atoms with Crippen molar-refractivity contribution in [2.24, 2.45) is 0 Å². The zero-order valence-corrected chi connectivity index (χ0v) is 9.54. The lowest BCUT2D eigenvalue weighted by molar-refractivity contribution is -0.175. The van der Waals surface area contributed by atoms with Crippen LogP contribution in [0.4, 0.5) is 0 Å². The molecule has 1 aliphatic heterocycles. The number of rotatable bonds is 3. The molecule has 3 nitrogen and oxygen atoms in total. The van der Waals surface area contributed by atoms with Crippen LogP contribution < -0.4 is 5.32 Å². The molecule has 0 aromatic heterocycles. The highest BCUT2D eigenvalue weighted by atomic mass is 16.7. The summed E-state index contributed by atoms with van der Waals surface area (Å²) < 4.78 is 11.0. The van der Waals surface area contributed by atoms with Crippen LogP contribution in [0, 0.1) is 0 Å². The summed E-state index contributed by atoms with van der Waals surface area (Å²) in [7, 11) is 0. The molecule has 0 radical (unpaired) electrons. The Morgan fingerprint density at radius 2 is 1.53 bits per heavy atom. The Labute approximate surface area is 92.5 Å². The topological polar surface area (TPSA) is 30.5 Å². The number of ether oxygens (including phenoxy) is 2. The van der Waals surface area contributed by atoms with Gasteiger partial charge in [0.05, 0.1) is 13.2 Å². The van der Waals surface area contributed by atoms with Crippen LogP contribution in [-0.2, 0) is 9.47 Å². The Bertz CT molecular complexity index is 161. The fraction of sp³-hybridized carbons (Fsp3) is 1.00. The monoisotopic (exact) mass is 213 g/mol. The van der Waals surface area contributed by atoms with Crippen molar-refractivity contribution in [1.82, 2.24) is 5.32 Å². The van der Waals surface area contributed by atoms with Gasteiger partial charge in [-0.05, 0) is 19.3 Å². The molecule has 0 aromatic carbocycles. The van der Waals surface area contributed by atoms with Crippen molar-refractivity contribution in [3.63, 3.8) is 0 Å². The fourth-order valence-corrected chi connectivity index (χ4v) is 2.40. The summed E-state index contributed by atoms with van der Waals surface area (Å²) in [4.78, 5) is 0. The lowest BCUT2D eigenvalue weighted by atomic mass is 10.1. The first-order valence-electron chi connectivity index (χ1n) is 6.42. The van der Waals surface area contributed by atoms with Crippen molar-refractivity contribution >= 4 is 0 Å². The van der Waals surface area contributed by atoms with Crippen LogP contribution in [0.1, 0.15) is 44.9 Å². The van der Waals surface area contributed by atoms with Crippen LogP contribution >= 0.6 is 0 Å². The first-order valence-corrected chi connectivity index (χ1v) is 6.42. The third-order valence-corrected chi connectivity index (χ3v) is 3.32. The van der Waals surface area contributed by atoms with Gasteiger partial charge in [-0.25, -0.2) is 0 Å². The molecule has 1 saturated carbocycles. The predicted octanol–water partition coefficient (Wildman–Crippen LogP) is 2.06. The Hall–Kier alpha value is -0.120. The first kappa shape index (κ1) is 11.4. The molecule has 88 valence electrons. The molecule has 1 aliphatic carbocycles. The van der Waals surface area contributed by atoms with Crippen LogP contribution in [0.25, 0.3) is 0 Å². The van der Waals surface area contributed by atoms with Gasteiger partial charge in [0.2, 0.25) is 0 Å². The lowest BCUT2D eigenvalue weighted by Gasteiger charge is -2.25. The van der Waals surface area contributed by atoms with Crippen molar-refractivity contribution in [3.8, 4) is 0 Å². The molecule has 2 aliphatic rings. The Morgan fingerprint density at radius 3 is 2.20 bits per heavy atom. The lowest BCUT2D eigenvalue weighted by Crippen LogP contribution is -2.39.